The molecule has 2 heterocycles. The number of para-hydroxylation sites is 1. The van der Waals surface area contributed by atoms with Crippen LogP contribution in [0.2, 0.25) is 0 Å². The highest BCUT2D eigenvalue weighted by Gasteiger charge is 2.22. The number of carbonyl (C=O) groups excluding carboxylic acids is 2. The first-order valence-electron chi connectivity index (χ1n) is 6.51. The molecule has 3 rings (SSSR count). The molecule has 0 aliphatic carbocycles. The minimum atomic E-state index is -0.173. The molecule has 2 amide bonds. The Kier molecular flexibility index (Phi) is 3.28. The molecule has 1 aromatic carbocycles. The van der Waals surface area contributed by atoms with E-state index in [0.29, 0.717) is 29.7 Å². The fourth-order valence-corrected chi connectivity index (χ4v) is 2.31. The summed E-state index contributed by atoms with van der Waals surface area (Å²) < 4.78 is 0. The van der Waals surface area contributed by atoms with Crippen molar-refractivity contribution in [1.29, 1.82) is 0 Å². The van der Waals surface area contributed by atoms with Gasteiger partial charge < -0.3 is 10.2 Å². The zero-order valence-corrected chi connectivity index (χ0v) is 10.9. The second-order valence-corrected chi connectivity index (χ2v) is 4.66. The SMILES string of the molecule is O=C1CN(C(=O)c2cccc3nccnc23)CCCN1. The topological polar surface area (TPSA) is 75.2 Å². The zero-order chi connectivity index (χ0) is 13.9. The van der Waals surface area contributed by atoms with Crippen molar-refractivity contribution in [3.8, 4) is 0 Å². The van der Waals surface area contributed by atoms with E-state index in [0.717, 1.165) is 6.42 Å². The molecule has 6 nitrogen and oxygen atoms in total. The lowest BCUT2D eigenvalue weighted by atomic mass is 10.1. The zero-order valence-electron chi connectivity index (χ0n) is 10.9. The standard InChI is InChI=1S/C14H14N4O2/c19-12-9-18(8-2-5-16-12)14(20)10-3-1-4-11-13(10)17-7-6-15-11/h1,3-4,6-7H,2,5,8-9H2,(H,16,19). The van der Waals surface area contributed by atoms with Gasteiger partial charge in [0.15, 0.2) is 0 Å². The fourth-order valence-electron chi connectivity index (χ4n) is 2.31. The van der Waals surface area contributed by atoms with Crippen molar-refractivity contribution in [3.63, 3.8) is 0 Å². The average molecular weight is 270 g/mol. The third kappa shape index (κ3) is 2.32. The van der Waals surface area contributed by atoms with Gasteiger partial charge in [-0.15, -0.1) is 0 Å². The molecule has 0 radical (unpaired) electrons. The van der Waals surface area contributed by atoms with Crippen molar-refractivity contribution >= 4 is 22.8 Å². The summed E-state index contributed by atoms with van der Waals surface area (Å²) in [6.45, 7) is 1.27. The van der Waals surface area contributed by atoms with Crippen LogP contribution in [0.15, 0.2) is 30.6 Å². The molecule has 1 aliphatic heterocycles. The van der Waals surface area contributed by atoms with E-state index < -0.39 is 0 Å². The van der Waals surface area contributed by atoms with Gasteiger partial charge in [-0.05, 0) is 18.6 Å². The largest absolute Gasteiger partial charge is 0.354 e. The predicted octanol–water partition coefficient (Wildman–Crippen LogP) is 0.592. The number of rotatable bonds is 1. The Bertz CT molecular complexity index is 666. The molecule has 1 aliphatic rings. The van der Waals surface area contributed by atoms with Gasteiger partial charge in [0, 0.05) is 25.5 Å². The second kappa shape index (κ2) is 5.24. The first-order chi connectivity index (χ1) is 9.75. The maximum Gasteiger partial charge on any atom is 0.256 e. The smallest absolute Gasteiger partial charge is 0.256 e. The van der Waals surface area contributed by atoms with Gasteiger partial charge in [0.1, 0.15) is 5.52 Å². The van der Waals surface area contributed by atoms with E-state index in [4.69, 9.17) is 0 Å². The Balaban J connectivity index is 1.97. The van der Waals surface area contributed by atoms with Gasteiger partial charge in [0.2, 0.25) is 5.91 Å². The van der Waals surface area contributed by atoms with Crippen LogP contribution in [0.1, 0.15) is 16.8 Å². The van der Waals surface area contributed by atoms with Crippen molar-refractivity contribution in [2.45, 2.75) is 6.42 Å². The quantitative estimate of drug-likeness (QED) is 0.823. The maximum absolute atomic E-state index is 12.6. The Morgan fingerprint density at radius 2 is 2.10 bits per heavy atom. The molecule has 1 saturated heterocycles. The summed E-state index contributed by atoms with van der Waals surface area (Å²) in [5.41, 5.74) is 1.74. The molecule has 1 N–H and O–H groups in total. The van der Waals surface area contributed by atoms with E-state index in [2.05, 4.69) is 15.3 Å². The highest BCUT2D eigenvalue weighted by molar-refractivity contribution is 6.05. The molecule has 0 atom stereocenters. The summed E-state index contributed by atoms with van der Waals surface area (Å²) in [7, 11) is 0. The molecule has 20 heavy (non-hydrogen) atoms. The van der Waals surface area contributed by atoms with Crippen LogP contribution in [0.3, 0.4) is 0 Å². The summed E-state index contributed by atoms with van der Waals surface area (Å²) in [6.07, 6.45) is 3.91. The van der Waals surface area contributed by atoms with E-state index >= 15 is 0 Å². The molecular weight excluding hydrogens is 256 g/mol. The van der Waals surface area contributed by atoms with Crippen LogP contribution in [0, 0.1) is 0 Å². The summed E-state index contributed by atoms with van der Waals surface area (Å²) in [5.74, 6) is -0.296. The first-order valence-corrected chi connectivity index (χ1v) is 6.51. The fraction of sp³-hybridized carbons (Fsp3) is 0.286. The van der Waals surface area contributed by atoms with Crippen LogP contribution in [0.5, 0.6) is 0 Å². The number of nitrogens with zero attached hydrogens (tertiary/aromatic N) is 3. The summed E-state index contributed by atoms with van der Waals surface area (Å²) in [4.78, 5) is 34.1. The number of hydrogen-bond acceptors (Lipinski definition) is 4. The number of nitrogens with one attached hydrogen (secondary N) is 1. The lowest BCUT2D eigenvalue weighted by molar-refractivity contribution is -0.121. The normalized spacial score (nSPS) is 15.8. The van der Waals surface area contributed by atoms with Gasteiger partial charge >= 0.3 is 0 Å². The highest BCUT2D eigenvalue weighted by Crippen LogP contribution is 2.16. The summed E-state index contributed by atoms with van der Waals surface area (Å²) in [6, 6.07) is 5.32. The van der Waals surface area contributed by atoms with Crippen molar-refractivity contribution in [3.05, 3.63) is 36.2 Å². The van der Waals surface area contributed by atoms with Gasteiger partial charge in [-0.25, -0.2) is 0 Å². The minimum Gasteiger partial charge on any atom is -0.354 e. The number of hydrogen-bond donors (Lipinski definition) is 1. The molecule has 0 saturated carbocycles. The number of amides is 2. The van der Waals surface area contributed by atoms with Crippen LogP contribution < -0.4 is 5.32 Å². The second-order valence-electron chi connectivity index (χ2n) is 4.66. The van der Waals surface area contributed by atoms with E-state index in [1.54, 1.807) is 29.4 Å². The molecule has 1 aromatic heterocycles. The van der Waals surface area contributed by atoms with E-state index in [1.165, 1.54) is 0 Å². The Hall–Kier alpha value is -2.50. The summed E-state index contributed by atoms with van der Waals surface area (Å²) in [5, 5.41) is 2.76. The molecule has 0 bridgehead atoms. The molecular formula is C14H14N4O2. The van der Waals surface area contributed by atoms with E-state index in [1.807, 2.05) is 6.07 Å². The van der Waals surface area contributed by atoms with Gasteiger partial charge in [-0.2, -0.15) is 0 Å². The third-order valence-electron chi connectivity index (χ3n) is 3.28. The monoisotopic (exact) mass is 270 g/mol. The van der Waals surface area contributed by atoms with E-state index in [9.17, 15) is 9.59 Å². The van der Waals surface area contributed by atoms with Gasteiger partial charge in [0.25, 0.3) is 5.91 Å². The van der Waals surface area contributed by atoms with Gasteiger partial charge in [-0.3, -0.25) is 19.6 Å². The third-order valence-corrected chi connectivity index (χ3v) is 3.28. The van der Waals surface area contributed by atoms with Crippen molar-refractivity contribution in [2.75, 3.05) is 19.6 Å². The molecule has 0 spiro atoms. The maximum atomic E-state index is 12.6. The van der Waals surface area contributed by atoms with E-state index in [-0.39, 0.29) is 18.4 Å². The lowest BCUT2D eigenvalue weighted by Gasteiger charge is -2.19. The Labute approximate surface area is 115 Å². The van der Waals surface area contributed by atoms with Crippen LogP contribution in [-0.4, -0.2) is 46.3 Å². The molecule has 6 heteroatoms. The van der Waals surface area contributed by atoms with Gasteiger partial charge in [-0.1, -0.05) is 6.07 Å². The highest BCUT2D eigenvalue weighted by atomic mass is 16.2. The van der Waals surface area contributed by atoms with Crippen LogP contribution >= 0.6 is 0 Å². The number of carbonyl (C=O) groups is 2. The predicted molar refractivity (Wildman–Crippen MR) is 73.1 cm³/mol. The summed E-state index contributed by atoms with van der Waals surface area (Å²) >= 11 is 0. The van der Waals surface area contributed by atoms with Crippen LogP contribution in [0.25, 0.3) is 11.0 Å². The molecule has 0 unspecified atom stereocenters. The van der Waals surface area contributed by atoms with Crippen LogP contribution in [-0.2, 0) is 4.79 Å². The van der Waals surface area contributed by atoms with Crippen molar-refractivity contribution in [1.82, 2.24) is 20.2 Å². The lowest BCUT2D eigenvalue weighted by Crippen LogP contribution is -2.37. The van der Waals surface area contributed by atoms with Crippen LogP contribution in [0.4, 0.5) is 0 Å². The number of fused-ring (bicyclic) bond motifs is 1. The first kappa shape index (κ1) is 12.5. The molecule has 1 fully saturated rings. The van der Waals surface area contributed by atoms with Crippen molar-refractivity contribution < 1.29 is 9.59 Å². The Morgan fingerprint density at radius 3 is 3.00 bits per heavy atom. The van der Waals surface area contributed by atoms with Crippen molar-refractivity contribution in [2.24, 2.45) is 0 Å². The average Bonchev–Trinajstić information content (AvgIpc) is 2.70. The van der Waals surface area contributed by atoms with Gasteiger partial charge in [0.05, 0.1) is 17.6 Å². The number of benzene rings is 1. The molecule has 102 valence electrons. The number of aromatic nitrogens is 2. The Morgan fingerprint density at radius 1 is 1.25 bits per heavy atom. The minimum absolute atomic E-state index is 0.0927. The molecule has 2 aromatic rings.